The molecular formula is C7H5ClN4S. The number of thiocarbonyl (C=S) groups is 1. The number of anilines is 1. The standard InChI is InChI=1S/C7H5ClN4S/c8-5-1-3-6(4-2-5)10-7(13)11-12-9/h1-4H,(H,10,13). The molecule has 0 heterocycles. The van der Waals surface area contributed by atoms with Crippen LogP contribution in [0.4, 0.5) is 5.69 Å². The van der Waals surface area contributed by atoms with Gasteiger partial charge in [-0.25, -0.2) is 0 Å². The van der Waals surface area contributed by atoms with Crippen molar-refractivity contribution in [1.82, 2.24) is 0 Å². The Kier molecular flexibility index (Phi) is 3.52. The maximum atomic E-state index is 8.07. The fraction of sp³-hybridized carbons (Fsp3) is 0. The van der Waals surface area contributed by atoms with Crippen molar-refractivity contribution in [1.29, 1.82) is 0 Å². The Morgan fingerprint density at radius 1 is 1.46 bits per heavy atom. The SMILES string of the molecule is [N-]=[N+]=NC(=S)Nc1ccc(Cl)cc1. The Hall–Kier alpha value is -1.29. The largest absolute Gasteiger partial charge is 0.345 e. The van der Waals surface area contributed by atoms with Crippen LogP contribution in [0.2, 0.25) is 5.02 Å². The number of rotatable bonds is 1. The second kappa shape index (κ2) is 4.67. The van der Waals surface area contributed by atoms with Gasteiger partial charge in [-0.1, -0.05) is 23.8 Å². The smallest absolute Gasteiger partial charge is 0.167 e. The van der Waals surface area contributed by atoms with Gasteiger partial charge >= 0.3 is 0 Å². The zero-order valence-corrected chi connectivity index (χ0v) is 8.01. The summed E-state index contributed by atoms with van der Waals surface area (Å²) >= 11 is 10.4. The van der Waals surface area contributed by atoms with Crippen LogP contribution in [0.1, 0.15) is 0 Å². The number of nitrogens with one attached hydrogen (secondary N) is 1. The van der Waals surface area contributed by atoms with Crippen molar-refractivity contribution >= 4 is 34.6 Å². The monoisotopic (exact) mass is 212 g/mol. The quantitative estimate of drug-likeness (QED) is 0.336. The third-order valence-electron chi connectivity index (χ3n) is 1.23. The first-order chi connectivity index (χ1) is 6.22. The first-order valence-corrected chi connectivity index (χ1v) is 4.12. The summed E-state index contributed by atoms with van der Waals surface area (Å²) in [7, 11) is 0. The summed E-state index contributed by atoms with van der Waals surface area (Å²) in [5.74, 6) is 0. The Balaban J connectivity index is 2.69. The summed E-state index contributed by atoms with van der Waals surface area (Å²) in [6.07, 6.45) is 0. The second-order valence-corrected chi connectivity index (χ2v) is 2.95. The molecule has 0 saturated carbocycles. The van der Waals surface area contributed by atoms with E-state index in [2.05, 4.69) is 15.3 Å². The van der Waals surface area contributed by atoms with E-state index in [1.807, 2.05) is 0 Å². The lowest BCUT2D eigenvalue weighted by Crippen LogP contribution is -2.03. The number of hydrogen-bond donors (Lipinski definition) is 1. The van der Waals surface area contributed by atoms with Gasteiger partial charge in [0.2, 0.25) is 0 Å². The summed E-state index contributed by atoms with van der Waals surface area (Å²) in [5.41, 5.74) is 8.81. The van der Waals surface area contributed by atoms with Crippen LogP contribution < -0.4 is 5.32 Å². The third kappa shape index (κ3) is 3.29. The summed E-state index contributed by atoms with van der Waals surface area (Å²) in [5, 5.41) is 6.66. The maximum absolute atomic E-state index is 8.07. The van der Waals surface area contributed by atoms with Gasteiger partial charge in [-0.3, -0.25) is 0 Å². The number of hydrogen-bond acceptors (Lipinski definition) is 1. The van der Waals surface area contributed by atoms with Crippen LogP contribution in [0.3, 0.4) is 0 Å². The van der Waals surface area contributed by atoms with E-state index < -0.39 is 0 Å². The zero-order valence-electron chi connectivity index (χ0n) is 6.44. The fourth-order valence-electron chi connectivity index (χ4n) is 0.722. The van der Waals surface area contributed by atoms with Crippen molar-refractivity contribution in [3.8, 4) is 0 Å². The van der Waals surface area contributed by atoms with E-state index in [0.717, 1.165) is 5.69 Å². The predicted molar refractivity (Wildman–Crippen MR) is 56.8 cm³/mol. The molecule has 1 N–H and O–H groups in total. The summed E-state index contributed by atoms with van der Waals surface area (Å²) in [4.78, 5) is 2.54. The molecule has 0 spiro atoms. The summed E-state index contributed by atoms with van der Waals surface area (Å²) < 4.78 is 0. The van der Waals surface area contributed by atoms with E-state index in [4.69, 9.17) is 29.3 Å². The lowest BCUT2D eigenvalue weighted by molar-refractivity contribution is 1.57. The van der Waals surface area contributed by atoms with E-state index in [1.54, 1.807) is 24.3 Å². The normalized spacial score (nSPS) is 8.69. The molecule has 1 rings (SSSR count). The van der Waals surface area contributed by atoms with Gasteiger partial charge in [0.1, 0.15) is 0 Å². The molecule has 1 aromatic rings. The van der Waals surface area contributed by atoms with Gasteiger partial charge in [0.05, 0.1) is 0 Å². The van der Waals surface area contributed by atoms with E-state index in [-0.39, 0.29) is 5.11 Å². The molecule has 0 aliphatic rings. The van der Waals surface area contributed by atoms with Gasteiger partial charge in [0.25, 0.3) is 0 Å². The Labute approximate surface area is 85.1 Å². The Bertz CT molecular complexity index is 355. The van der Waals surface area contributed by atoms with E-state index >= 15 is 0 Å². The average Bonchev–Trinajstić information content (AvgIpc) is 2.09. The van der Waals surface area contributed by atoms with E-state index in [0.29, 0.717) is 5.02 Å². The van der Waals surface area contributed by atoms with E-state index in [9.17, 15) is 0 Å². The van der Waals surface area contributed by atoms with Crippen LogP contribution in [0.5, 0.6) is 0 Å². The molecule has 0 saturated heterocycles. The van der Waals surface area contributed by atoms with Crippen molar-refractivity contribution < 1.29 is 0 Å². The highest BCUT2D eigenvalue weighted by molar-refractivity contribution is 7.80. The van der Waals surface area contributed by atoms with Gasteiger partial charge in [-0.05, 0) is 34.9 Å². The van der Waals surface area contributed by atoms with Gasteiger partial charge in [0, 0.05) is 15.6 Å². The summed E-state index contributed by atoms with van der Waals surface area (Å²) in [6, 6.07) is 6.90. The van der Waals surface area contributed by atoms with Crippen molar-refractivity contribution in [3.05, 3.63) is 39.7 Å². The van der Waals surface area contributed by atoms with Crippen molar-refractivity contribution in [2.45, 2.75) is 0 Å². The molecule has 66 valence electrons. The molecule has 0 bridgehead atoms. The highest BCUT2D eigenvalue weighted by atomic mass is 35.5. The van der Waals surface area contributed by atoms with Crippen molar-refractivity contribution in [2.24, 2.45) is 5.11 Å². The third-order valence-corrected chi connectivity index (χ3v) is 1.67. The highest BCUT2D eigenvalue weighted by Gasteiger charge is 1.93. The Morgan fingerprint density at radius 3 is 2.62 bits per heavy atom. The molecule has 0 aromatic heterocycles. The number of azide groups is 1. The minimum atomic E-state index is 0.0878. The van der Waals surface area contributed by atoms with Crippen LogP contribution in [0.25, 0.3) is 10.4 Å². The van der Waals surface area contributed by atoms with E-state index in [1.165, 1.54) is 0 Å². The molecular weight excluding hydrogens is 208 g/mol. The number of benzene rings is 1. The molecule has 0 unspecified atom stereocenters. The Morgan fingerprint density at radius 2 is 2.08 bits per heavy atom. The molecule has 4 nitrogen and oxygen atoms in total. The number of nitrogens with zero attached hydrogens (tertiary/aromatic N) is 3. The molecule has 0 radical (unpaired) electrons. The van der Waals surface area contributed by atoms with Gasteiger partial charge in [-0.15, -0.1) is 0 Å². The molecule has 0 atom stereocenters. The molecule has 0 aliphatic carbocycles. The second-order valence-electron chi connectivity index (χ2n) is 2.13. The first-order valence-electron chi connectivity index (χ1n) is 3.34. The lowest BCUT2D eigenvalue weighted by atomic mass is 10.3. The van der Waals surface area contributed by atoms with Gasteiger partial charge < -0.3 is 5.32 Å². The van der Waals surface area contributed by atoms with Crippen LogP contribution in [0, 0.1) is 0 Å². The highest BCUT2D eigenvalue weighted by Crippen LogP contribution is 2.13. The zero-order chi connectivity index (χ0) is 9.68. The maximum Gasteiger partial charge on any atom is 0.167 e. The topological polar surface area (TPSA) is 60.8 Å². The first kappa shape index (κ1) is 9.80. The van der Waals surface area contributed by atoms with Crippen molar-refractivity contribution in [3.63, 3.8) is 0 Å². The average molecular weight is 213 g/mol. The molecule has 1 aromatic carbocycles. The van der Waals surface area contributed by atoms with Crippen LogP contribution in [-0.4, -0.2) is 5.11 Å². The molecule has 13 heavy (non-hydrogen) atoms. The molecule has 0 amide bonds. The van der Waals surface area contributed by atoms with Crippen LogP contribution >= 0.6 is 23.8 Å². The number of halogens is 1. The molecule has 0 fully saturated rings. The lowest BCUT2D eigenvalue weighted by Gasteiger charge is -2.01. The molecule has 6 heteroatoms. The minimum Gasteiger partial charge on any atom is -0.345 e. The minimum absolute atomic E-state index is 0.0878. The predicted octanol–water partition coefficient (Wildman–Crippen LogP) is 3.35. The van der Waals surface area contributed by atoms with Crippen LogP contribution in [0.15, 0.2) is 29.4 Å². The fourth-order valence-corrected chi connectivity index (χ4v) is 1.00. The van der Waals surface area contributed by atoms with Crippen LogP contribution in [-0.2, 0) is 0 Å². The van der Waals surface area contributed by atoms with Gasteiger partial charge in [0.15, 0.2) is 5.11 Å². The van der Waals surface area contributed by atoms with Gasteiger partial charge in [-0.2, -0.15) is 0 Å². The van der Waals surface area contributed by atoms with Crippen molar-refractivity contribution in [2.75, 3.05) is 5.32 Å². The molecule has 0 aliphatic heterocycles. The summed E-state index contributed by atoms with van der Waals surface area (Å²) in [6.45, 7) is 0.